The van der Waals surface area contributed by atoms with Gasteiger partial charge in [-0.15, -0.1) is 0 Å². The Morgan fingerprint density at radius 1 is 1.44 bits per heavy atom. The summed E-state index contributed by atoms with van der Waals surface area (Å²) >= 11 is 5.77. The number of nitrogens with two attached hydrogens (primary N) is 1. The molecule has 5 nitrogen and oxygen atoms in total. The summed E-state index contributed by atoms with van der Waals surface area (Å²) in [6, 6.07) is 4.14. The number of rotatable bonds is 6. The van der Waals surface area contributed by atoms with Gasteiger partial charge in [0.05, 0.1) is 15.6 Å². The molecule has 1 unspecified atom stereocenters. The number of hydrogen-bond acceptors (Lipinski definition) is 4. The van der Waals surface area contributed by atoms with Crippen LogP contribution in [0.3, 0.4) is 0 Å². The number of halogens is 1. The van der Waals surface area contributed by atoms with E-state index in [0.29, 0.717) is 17.9 Å². The molecule has 18 heavy (non-hydrogen) atoms. The van der Waals surface area contributed by atoms with Crippen LogP contribution < -0.4 is 10.5 Å². The number of nitrogens with one attached hydrogen (secondary N) is 1. The Morgan fingerprint density at radius 2 is 2.11 bits per heavy atom. The Labute approximate surface area is 114 Å². The maximum atomic E-state index is 11.9. The van der Waals surface area contributed by atoms with E-state index in [-0.39, 0.29) is 16.5 Å². The highest BCUT2D eigenvalue weighted by atomic mass is 35.5. The molecule has 0 amide bonds. The highest BCUT2D eigenvalue weighted by molar-refractivity contribution is 7.89. The topological polar surface area (TPSA) is 89.3 Å². The van der Waals surface area contributed by atoms with E-state index in [1.807, 2.05) is 0 Å². The molecule has 1 aromatic rings. The molecule has 0 radical (unpaired) electrons. The van der Waals surface area contributed by atoms with Gasteiger partial charge in [0.1, 0.15) is 0 Å². The first-order valence-corrected chi connectivity index (χ1v) is 8.76. The second-order valence-electron chi connectivity index (χ2n) is 3.71. The summed E-state index contributed by atoms with van der Waals surface area (Å²) in [6.45, 7) is 0.240. The minimum absolute atomic E-state index is 0.0688. The van der Waals surface area contributed by atoms with Crippen molar-refractivity contribution >= 4 is 38.1 Å². The van der Waals surface area contributed by atoms with Crippen LogP contribution in [0.15, 0.2) is 23.1 Å². The highest BCUT2D eigenvalue weighted by Crippen LogP contribution is 2.22. The zero-order valence-electron chi connectivity index (χ0n) is 9.85. The SMILES string of the molecule is CS(=O)CCCNS(=O)(=O)c1ccc(N)c(Cl)c1. The predicted octanol–water partition coefficient (Wildman–Crippen LogP) is 0.969. The maximum Gasteiger partial charge on any atom is 0.240 e. The summed E-state index contributed by atoms with van der Waals surface area (Å²) in [5.41, 5.74) is 5.84. The van der Waals surface area contributed by atoms with Crippen LogP contribution in [0.25, 0.3) is 0 Å². The first-order chi connectivity index (χ1) is 8.33. The molecule has 3 N–H and O–H groups in total. The van der Waals surface area contributed by atoms with E-state index >= 15 is 0 Å². The summed E-state index contributed by atoms with van der Waals surface area (Å²) in [4.78, 5) is 0.0688. The fourth-order valence-corrected chi connectivity index (χ4v) is 3.14. The van der Waals surface area contributed by atoms with Crippen molar-refractivity contribution in [1.82, 2.24) is 4.72 Å². The molecule has 0 saturated heterocycles. The molecule has 1 aromatic carbocycles. The van der Waals surface area contributed by atoms with Crippen molar-refractivity contribution in [3.05, 3.63) is 23.2 Å². The standard InChI is InChI=1S/C10H15ClN2O3S2/c1-17(14)6-2-5-13-18(15,16)8-3-4-10(12)9(11)7-8/h3-4,7,13H,2,5-6,12H2,1H3. The fraction of sp³-hybridized carbons (Fsp3) is 0.400. The Balaban J connectivity index is 2.68. The van der Waals surface area contributed by atoms with Gasteiger partial charge < -0.3 is 5.73 Å². The van der Waals surface area contributed by atoms with Gasteiger partial charge in [-0.1, -0.05) is 11.6 Å². The van der Waals surface area contributed by atoms with Crippen molar-refractivity contribution in [3.8, 4) is 0 Å². The van der Waals surface area contributed by atoms with Crippen LogP contribution in [0.5, 0.6) is 0 Å². The zero-order chi connectivity index (χ0) is 13.8. The van der Waals surface area contributed by atoms with Crippen molar-refractivity contribution in [2.75, 3.05) is 24.3 Å². The van der Waals surface area contributed by atoms with Gasteiger partial charge in [-0.3, -0.25) is 4.21 Å². The average molecular weight is 311 g/mol. The van der Waals surface area contributed by atoms with E-state index < -0.39 is 20.8 Å². The van der Waals surface area contributed by atoms with Crippen LogP contribution in [0.2, 0.25) is 5.02 Å². The normalized spacial score (nSPS) is 13.4. The van der Waals surface area contributed by atoms with Gasteiger partial charge >= 0.3 is 0 Å². The first-order valence-electron chi connectivity index (χ1n) is 5.17. The van der Waals surface area contributed by atoms with Crippen molar-refractivity contribution in [3.63, 3.8) is 0 Å². The number of hydrogen-bond donors (Lipinski definition) is 2. The second-order valence-corrected chi connectivity index (χ2v) is 7.44. The molecule has 0 fully saturated rings. The number of nitrogen functional groups attached to an aromatic ring is 1. The van der Waals surface area contributed by atoms with Crippen molar-refractivity contribution in [1.29, 1.82) is 0 Å². The number of benzene rings is 1. The van der Waals surface area contributed by atoms with Gasteiger partial charge in [0, 0.05) is 29.4 Å². The molecule has 1 rings (SSSR count). The fourth-order valence-electron chi connectivity index (χ4n) is 1.24. The molecule has 0 spiro atoms. The van der Waals surface area contributed by atoms with Gasteiger partial charge in [0.25, 0.3) is 0 Å². The summed E-state index contributed by atoms with van der Waals surface area (Å²) in [5, 5.41) is 0.201. The lowest BCUT2D eigenvalue weighted by Crippen LogP contribution is -2.25. The second kappa shape index (κ2) is 6.51. The molecule has 0 aliphatic rings. The van der Waals surface area contributed by atoms with Gasteiger partial charge in [-0.05, 0) is 24.6 Å². The molecule has 0 bridgehead atoms. The van der Waals surface area contributed by atoms with Gasteiger partial charge in [0.2, 0.25) is 10.0 Å². The third kappa shape index (κ3) is 4.56. The minimum atomic E-state index is -3.59. The van der Waals surface area contributed by atoms with Crippen LogP contribution in [0.1, 0.15) is 6.42 Å². The lowest BCUT2D eigenvalue weighted by molar-refractivity contribution is 0.580. The Bertz CT molecular complexity index is 546. The van der Waals surface area contributed by atoms with E-state index in [4.69, 9.17) is 17.3 Å². The molecule has 1 atom stereocenters. The quantitative estimate of drug-likeness (QED) is 0.605. The Hall–Kier alpha value is -0.630. The van der Waals surface area contributed by atoms with E-state index in [2.05, 4.69) is 4.72 Å². The smallest absolute Gasteiger partial charge is 0.240 e. The van der Waals surface area contributed by atoms with Crippen LogP contribution in [-0.2, 0) is 20.8 Å². The predicted molar refractivity (Wildman–Crippen MR) is 74.6 cm³/mol. The van der Waals surface area contributed by atoms with Crippen LogP contribution in [0, 0.1) is 0 Å². The number of sulfonamides is 1. The summed E-state index contributed by atoms with van der Waals surface area (Å²) in [6.07, 6.45) is 2.10. The van der Waals surface area contributed by atoms with E-state index in [0.717, 1.165) is 0 Å². The highest BCUT2D eigenvalue weighted by Gasteiger charge is 2.14. The van der Waals surface area contributed by atoms with Gasteiger partial charge in [0.15, 0.2) is 0 Å². The molecule has 8 heteroatoms. The molecule has 0 aliphatic heterocycles. The molecule has 0 saturated carbocycles. The molecular formula is C10H15ClN2O3S2. The monoisotopic (exact) mass is 310 g/mol. The van der Waals surface area contributed by atoms with Gasteiger partial charge in [-0.2, -0.15) is 0 Å². The molecule has 0 aliphatic carbocycles. The Morgan fingerprint density at radius 3 is 2.67 bits per heavy atom. The first kappa shape index (κ1) is 15.4. The Kier molecular flexibility index (Phi) is 5.58. The third-order valence-electron chi connectivity index (χ3n) is 2.18. The van der Waals surface area contributed by atoms with Crippen LogP contribution >= 0.6 is 11.6 Å². The lowest BCUT2D eigenvalue weighted by atomic mass is 10.3. The van der Waals surface area contributed by atoms with E-state index in [1.54, 1.807) is 6.26 Å². The van der Waals surface area contributed by atoms with Gasteiger partial charge in [-0.25, -0.2) is 13.1 Å². The van der Waals surface area contributed by atoms with Crippen molar-refractivity contribution in [2.45, 2.75) is 11.3 Å². The summed E-state index contributed by atoms with van der Waals surface area (Å²) < 4.78 is 36.9. The number of anilines is 1. The van der Waals surface area contributed by atoms with Crippen LogP contribution in [0.4, 0.5) is 5.69 Å². The van der Waals surface area contributed by atoms with Crippen molar-refractivity contribution in [2.24, 2.45) is 0 Å². The van der Waals surface area contributed by atoms with E-state index in [9.17, 15) is 12.6 Å². The molecule has 102 valence electrons. The molecule has 0 aromatic heterocycles. The molecular weight excluding hydrogens is 296 g/mol. The van der Waals surface area contributed by atoms with E-state index in [1.165, 1.54) is 18.2 Å². The molecule has 0 heterocycles. The zero-order valence-corrected chi connectivity index (χ0v) is 12.2. The lowest BCUT2D eigenvalue weighted by Gasteiger charge is -2.07. The third-order valence-corrected chi connectivity index (χ3v) is 4.83. The summed E-state index contributed by atoms with van der Waals surface area (Å²) in [5.74, 6) is 0.463. The minimum Gasteiger partial charge on any atom is -0.398 e. The van der Waals surface area contributed by atoms with Crippen molar-refractivity contribution < 1.29 is 12.6 Å². The largest absolute Gasteiger partial charge is 0.398 e. The summed E-state index contributed by atoms with van der Waals surface area (Å²) in [7, 11) is -4.50. The average Bonchev–Trinajstić information content (AvgIpc) is 2.28. The van der Waals surface area contributed by atoms with Crippen LogP contribution in [-0.4, -0.2) is 31.2 Å². The maximum absolute atomic E-state index is 11.9.